The molecule has 0 amide bonds. The third kappa shape index (κ3) is 26.6. The van der Waals surface area contributed by atoms with E-state index in [0.29, 0.717) is 17.6 Å². The third-order valence-electron chi connectivity index (χ3n) is 6.12. The second-order valence-corrected chi connectivity index (χ2v) is 12.2. The SMILES string of the molecule is CCCCCCCCCCCCCCCCCCOC[C@H](COP(=O)([O-])OCC[N+](C)(C)C)OC=O. The molecule has 0 aromatic rings. The number of hydrogen-bond acceptors (Lipinski definition) is 7. The van der Waals surface area contributed by atoms with E-state index < -0.39 is 13.9 Å². The van der Waals surface area contributed by atoms with Crippen LogP contribution < -0.4 is 4.89 Å². The molecule has 1 unspecified atom stereocenters. The molecule has 0 aliphatic heterocycles. The van der Waals surface area contributed by atoms with Crippen LogP contribution in [0.3, 0.4) is 0 Å². The van der Waals surface area contributed by atoms with Crippen LogP contribution in [0.25, 0.3) is 0 Å². The van der Waals surface area contributed by atoms with E-state index in [1.807, 2.05) is 21.1 Å². The number of phosphoric ester groups is 1. The molecule has 0 fully saturated rings. The number of rotatable bonds is 28. The van der Waals surface area contributed by atoms with Crippen molar-refractivity contribution < 1.29 is 37.3 Å². The van der Waals surface area contributed by atoms with Crippen LogP contribution in [0.1, 0.15) is 110 Å². The summed E-state index contributed by atoms with van der Waals surface area (Å²) >= 11 is 0. The van der Waals surface area contributed by atoms with Crippen molar-refractivity contribution in [2.24, 2.45) is 0 Å². The third-order valence-corrected chi connectivity index (χ3v) is 7.09. The maximum absolute atomic E-state index is 11.9. The minimum absolute atomic E-state index is 0.0270. The lowest BCUT2D eigenvalue weighted by Gasteiger charge is -2.28. The number of nitrogens with zero attached hydrogens (tertiary/aromatic N) is 1. The average molecular weight is 538 g/mol. The summed E-state index contributed by atoms with van der Waals surface area (Å²) in [6.07, 6.45) is 20.2. The number of quaternary nitrogens is 1. The van der Waals surface area contributed by atoms with E-state index in [0.717, 1.165) is 12.8 Å². The average Bonchev–Trinajstić information content (AvgIpc) is 2.80. The zero-order valence-electron chi connectivity index (χ0n) is 23.8. The second-order valence-electron chi connectivity index (χ2n) is 10.8. The van der Waals surface area contributed by atoms with E-state index in [2.05, 4.69) is 6.92 Å². The molecule has 36 heavy (non-hydrogen) atoms. The molecule has 0 bridgehead atoms. The van der Waals surface area contributed by atoms with Gasteiger partial charge in [0.1, 0.15) is 19.3 Å². The van der Waals surface area contributed by atoms with E-state index >= 15 is 0 Å². The zero-order valence-corrected chi connectivity index (χ0v) is 24.7. The number of phosphoric acid groups is 1. The lowest BCUT2D eigenvalue weighted by molar-refractivity contribution is -0.870. The Morgan fingerprint density at radius 1 is 0.722 bits per heavy atom. The van der Waals surface area contributed by atoms with Gasteiger partial charge in [-0.25, -0.2) is 0 Å². The van der Waals surface area contributed by atoms with Crippen molar-refractivity contribution in [1.29, 1.82) is 0 Å². The molecule has 0 N–H and O–H groups in total. The first-order chi connectivity index (χ1) is 17.2. The van der Waals surface area contributed by atoms with Gasteiger partial charge in [-0.2, -0.15) is 0 Å². The Kier molecular flexibility index (Phi) is 23.3. The van der Waals surface area contributed by atoms with Gasteiger partial charge in [-0.1, -0.05) is 103 Å². The molecule has 0 aromatic carbocycles. The summed E-state index contributed by atoms with van der Waals surface area (Å²) in [5.41, 5.74) is 0. The van der Waals surface area contributed by atoms with Crippen LogP contribution in [0.4, 0.5) is 0 Å². The molecular formula is C27H56NO7P. The van der Waals surface area contributed by atoms with Gasteiger partial charge >= 0.3 is 0 Å². The fourth-order valence-corrected chi connectivity index (χ4v) is 4.54. The predicted octanol–water partition coefficient (Wildman–Crippen LogP) is 6.01. The molecule has 8 nitrogen and oxygen atoms in total. The number of hydrogen-bond donors (Lipinski definition) is 0. The van der Waals surface area contributed by atoms with Gasteiger partial charge in [-0.3, -0.25) is 9.36 Å². The molecular weight excluding hydrogens is 481 g/mol. The van der Waals surface area contributed by atoms with Crippen molar-refractivity contribution >= 4 is 14.3 Å². The zero-order chi connectivity index (χ0) is 27.0. The van der Waals surface area contributed by atoms with Crippen molar-refractivity contribution in [3.05, 3.63) is 0 Å². The standard InChI is InChI=1S/C27H56NO7P/c1-5-6-7-8-9-10-11-12-13-14-15-16-17-18-19-20-22-32-24-27(33-26-29)25-35-36(30,31)34-23-21-28(2,3)4/h26-27H,5-25H2,1-4H3/t27-/m1/s1. The summed E-state index contributed by atoms with van der Waals surface area (Å²) in [4.78, 5) is 22.6. The monoisotopic (exact) mass is 537 g/mol. The van der Waals surface area contributed by atoms with E-state index in [1.54, 1.807) is 0 Å². The highest BCUT2D eigenvalue weighted by atomic mass is 31.2. The van der Waals surface area contributed by atoms with Gasteiger partial charge in [0.25, 0.3) is 14.3 Å². The summed E-state index contributed by atoms with van der Waals surface area (Å²) in [7, 11) is 1.36. The molecule has 0 aromatic heterocycles. The number of carbonyl (C=O) groups is 1. The van der Waals surface area contributed by atoms with E-state index in [9.17, 15) is 14.3 Å². The Morgan fingerprint density at radius 2 is 1.19 bits per heavy atom. The van der Waals surface area contributed by atoms with E-state index in [1.165, 1.54) is 89.9 Å². The molecule has 0 spiro atoms. The smallest absolute Gasteiger partial charge is 0.293 e. The second kappa shape index (κ2) is 23.6. The van der Waals surface area contributed by atoms with Crippen molar-refractivity contribution in [2.75, 3.05) is 54.1 Å². The fourth-order valence-electron chi connectivity index (χ4n) is 3.81. The molecule has 0 saturated carbocycles. The summed E-state index contributed by atoms with van der Waals surface area (Å²) in [5.74, 6) is 0. The van der Waals surface area contributed by atoms with Gasteiger partial charge in [-0.15, -0.1) is 0 Å². The van der Waals surface area contributed by atoms with Crippen molar-refractivity contribution in [1.82, 2.24) is 0 Å². The maximum atomic E-state index is 11.9. The Hall–Kier alpha value is -0.500. The van der Waals surface area contributed by atoms with E-state index in [4.69, 9.17) is 18.5 Å². The van der Waals surface area contributed by atoms with Crippen LogP contribution in [0, 0.1) is 0 Å². The summed E-state index contributed by atoms with van der Waals surface area (Å²) in [5, 5.41) is 0. The summed E-state index contributed by atoms with van der Waals surface area (Å²) < 4.78 is 32.6. The van der Waals surface area contributed by atoms with Crippen molar-refractivity contribution in [2.45, 2.75) is 116 Å². The largest absolute Gasteiger partial charge is 0.756 e. The Labute approximate surface area is 221 Å². The van der Waals surface area contributed by atoms with Crippen LogP contribution in [0.15, 0.2) is 0 Å². The van der Waals surface area contributed by atoms with Gasteiger partial charge in [0.15, 0.2) is 0 Å². The first-order valence-corrected chi connectivity index (χ1v) is 15.7. The Balaban J connectivity index is 3.60. The van der Waals surface area contributed by atoms with Gasteiger partial charge in [0.05, 0.1) is 34.4 Å². The summed E-state index contributed by atoms with van der Waals surface area (Å²) in [6, 6.07) is 0. The maximum Gasteiger partial charge on any atom is 0.293 e. The van der Waals surface area contributed by atoms with Crippen molar-refractivity contribution in [3.63, 3.8) is 0 Å². The summed E-state index contributed by atoms with van der Waals surface area (Å²) in [6.45, 7) is 3.42. The highest BCUT2D eigenvalue weighted by Gasteiger charge is 2.17. The highest BCUT2D eigenvalue weighted by Crippen LogP contribution is 2.38. The fraction of sp³-hybridized carbons (Fsp3) is 0.963. The lowest BCUT2D eigenvalue weighted by atomic mass is 10.0. The number of ether oxygens (including phenoxy) is 2. The Bertz CT molecular complexity index is 543. The Morgan fingerprint density at radius 3 is 1.64 bits per heavy atom. The first kappa shape index (κ1) is 35.5. The minimum atomic E-state index is -4.45. The topological polar surface area (TPSA) is 94.1 Å². The van der Waals surface area contributed by atoms with Crippen LogP contribution in [-0.4, -0.2) is 71.2 Å². The highest BCUT2D eigenvalue weighted by molar-refractivity contribution is 7.45. The molecule has 0 heterocycles. The van der Waals surface area contributed by atoms with Crippen molar-refractivity contribution in [3.8, 4) is 0 Å². The van der Waals surface area contributed by atoms with Gasteiger partial charge in [0, 0.05) is 6.61 Å². The predicted molar refractivity (Wildman–Crippen MR) is 144 cm³/mol. The lowest BCUT2D eigenvalue weighted by Crippen LogP contribution is -2.37. The van der Waals surface area contributed by atoms with Gasteiger partial charge < -0.3 is 27.9 Å². The normalized spacial score (nSPS) is 14.5. The molecule has 0 aliphatic carbocycles. The first-order valence-electron chi connectivity index (χ1n) is 14.3. The van der Waals surface area contributed by atoms with Gasteiger partial charge in [-0.05, 0) is 6.42 Å². The van der Waals surface area contributed by atoms with Gasteiger partial charge in [0.2, 0.25) is 0 Å². The molecule has 9 heteroatoms. The number of likely N-dealkylation sites (N-methyl/N-ethyl adjacent to an activating group) is 1. The molecule has 0 rings (SSSR count). The molecule has 0 radical (unpaired) electrons. The van der Waals surface area contributed by atoms with Crippen LogP contribution in [-0.2, 0) is 27.9 Å². The molecule has 2 atom stereocenters. The van der Waals surface area contributed by atoms with Crippen LogP contribution >= 0.6 is 7.82 Å². The number of carbonyl (C=O) groups excluding carboxylic acids is 1. The molecule has 216 valence electrons. The quantitative estimate of drug-likeness (QED) is 0.0522. The number of unbranched alkanes of at least 4 members (excludes halogenated alkanes) is 15. The van der Waals surface area contributed by atoms with Crippen LogP contribution in [0.2, 0.25) is 0 Å². The molecule has 0 aliphatic rings. The minimum Gasteiger partial charge on any atom is -0.756 e. The van der Waals surface area contributed by atoms with E-state index in [-0.39, 0.29) is 26.3 Å². The molecule has 0 saturated heterocycles. The van der Waals surface area contributed by atoms with Crippen LogP contribution in [0.5, 0.6) is 0 Å².